The smallest absolute Gasteiger partial charge is 0.00689 e. The fourth-order valence-electron chi connectivity index (χ4n) is 1.79. The molecule has 0 amide bonds. The van der Waals surface area contributed by atoms with Crippen LogP contribution in [0.1, 0.15) is 32.0 Å². The Bertz CT molecular complexity index is 418. The van der Waals surface area contributed by atoms with Crippen LogP contribution in [-0.2, 0) is 0 Å². The maximum absolute atomic E-state index is 4.38. The molecule has 0 fully saturated rings. The van der Waals surface area contributed by atoms with Gasteiger partial charge in [0.1, 0.15) is 0 Å². The summed E-state index contributed by atoms with van der Waals surface area (Å²) in [5.41, 5.74) is 3.68. The topological polar surface area (TPSA) is 12.9 Å². The van der Waals surface area contributed by atoms with Crippen molar-refractivity contribution in [1.82, 2.24) is 4.98 Å². The van der Waals surface area contributed by atoms with Crippen molar-refractivity contribution in [2.45, 2.75) is 20.8 Å². The van der Waals surface area contributed by atoms with Gasteiger partial charge in [-0.05, 0) is 5.69 Å². The van der Waals surface area contributed by atoms with Crippen molar-refractivity contribution in [1.29, 1.82) is 0 Å². The molecule has 0 saturated heterocycles. The Kier molecular flexibility index (Phi) is 3.14. The zero-order valence-corrected chi connectivity index (χ0v) is 11.9. The molecule has 1 nitrogen and oxygen atoms in total. The summed E-state index contributed by atoms with van der Waals surface area (Å²) in [6.07, 6.45) is 8.39. The number of hydrogen-bond acceptors (Lipinski definition) is 1. The third-order valence-corrected chi connectivity index (χ3v) is 2.75. The van der Waals surface area contributed by atoms with Crippen molar-refractivity contribution in [3.05, 3.63) is 53.2 Å². The first-order valence-corrected chi connectivity index (χ1v) is 5.37. The van der Waals surface area contributed by atoms with E-state index in [1.54, 1.807) is 0 Å². The van der Waals surface area contributed by atoms with Gasteiger partial charge in [0.05, 0.1) is 0 Å². The fourth-order valence-corrected chi connectivity index (χ4v) is 1.79. The molecule has 1 aromatic heterocycles. The second kappa shape index (κ2) is 4.35. The molecule has 16 heavy (non-hydrogen) atoms. The quantitative estimate of drug-likeness (QED) is 0.584. The van der Waals surface area contributed by atoms with Crippen LogP contribution in [0.4, 0.5) is 0 Å². The molecule has 0 aromatic carbocycles. The third kappa shape index (κ3) is 1.95. The minimum Gasteiger partial charge on any atom is -0.306 e. The van der Waals surface area contributed by atoms with Crippen LogP contribution < -0.4 is 0 Å². The van der Waals surface area contributed by atoms with Crippen LogP contribution >= 0.6 is 0 Å². The molecule has 1 radical (unpaired) electrons. The number of rotatable bonds is 1. The molecule has 2 heteroatoms. The van der Waals surface area contributed by atoms with Crippen LogP contribution in [0.2, 0.25) is 0 Å². The van der Waals surface area contributed by atoms with Crippen LogP contribution in [0.15, 0.2) is 36.1 Å². The monoisotopic (exact) mass is 460 g/mol. The van der Waals surface area contributed by atoms with Crippen LogP contribution in [0.5, 0.6) is 0 Å². The first-order chi connectivity index (χ1) is 7.18. The number of hydrogen-bond donors (Lipinski definition) is 0. The standard InChI is InChI=1S/C14H16N.Lr/c1-10(2)12-6-7-14-13(11(3)9-12)5-4-8-15-14;/h4-10H,1-3H3;/q-1;. The first kappa shape index (κ1) is 11.6. The molecule has 93 valence electrons. The Hall–Kier alpha value is -2.50. The number of pyridine rings is 1. The second-order valence-electron chi connectivity index (χ2n) is 4.25. The Balaban J connectivity index is 0.00000128. The molecule has 1 aliphatic carbocycles. The summed E-state index contributed by atoms with van der Waals surface area (Å²) in [7, 11) is 0. The molecule has 0 saturated carbocycles. The van der Waals surface area contributed by atoms with Crippen molar-refractivity contribution in [3.63, 3.8) is 0 Å². The minimum absolute atomic E-state index is 0. The number of fused-ring (bicyclic) bond motifs is 1. The predicted molar refractivity (Wildman–Crippen MR) is 64.2 cm³/mol. The summed E-state index contributed by atoms with van der Waals surface area (Å²) in [5.74, 6) is 1.86. The molecule has 1 aliphatic rings. The van der Waals surface area contributed by atoms with E-state index in [1.165, 1.54) is 17.1 Å². The zero-order chi connectivity index (χ0) is 10.8. The van der Waals surface area contributed by atoms with E-state index in [2.05, 4.69) is 50.0 Å². The fraction of sp³-hybridized carbons (Fsp3) is 0.286. The largest absolute Gasteiger partial charge is 0.306 e. The van der Waals surface area contributed by atoms with E-state index in [0.29, 0.717) is 5.92 Å². The number of allylic oxidation sites excluding steroid dienone is 3. The van der Waals surface area contributed by atoms with Gasteiger partial charge in [0.2, 0.25) is 0 Å². The Morgan fingerprint density at radius 1 is 1.25 bits per heavy atom. The maximum atomic E-state index is 4.38. The molecule has 2 rings (SSSR count). The van der Waals surface area contributed by atoms with Gasteiger partial charge in [-0.3, -0.25) is 0 Å². The third-order valence-electron chi connectivity index (χ3n) is 2.75. The van der Waals surface area contributed by atoms with Crippen LogP contribution in [-0.4, -0.2) is 4.98 Å². The normalized spacial score (nSPS) is 14.0. The molecule has 1 aromatic rings. The van der Waals surface area contributed by atoms with Gasteiger partial charge in [-0.15, -0.1) is 35.3 Å². The van der Waals surface area contributed by atoms with Crippen molar-refractivity contribution in [2.75, 3.05) is 0 Å². The molecular formula is C14H16LrN-. The SMILES string of the molecule is C[C-]1C=C(C(C)C)C=Cc2ncccc21.[Lr]. The van der Waals surface area contributed by atoms with E-state index in [1.807, 2.05) is 12.3 Å². The summed E-state index contributed by atoms with van der Waals surface area (Å²) < 4.78 is 0. The van der Waals surface area contributed by atoms with Crippen molar-refractivity contribution in [3.8, 4) is 0 Å². The summed E-state index contributed by atoms with van der Waals surface area (Å²) in [6, 6.07) is 4.12. The zero-order valence-electron chi connectivity index (χ0n) is 9.75. The van der Waals surface area contributed by atoms with Crippen molar-refractivity contribution < 1.29 is 0 Å². The Labute approximate surface area is 91.6 Å². The summed E-state index contributed by atoms with van der Waals surface area (Å²) in [6.45, 7) is 6.58. The van der Waals surface area contributed by atoms with E-state index >= 15 is 0 Å². The van der Waals surface area contributed by atoms with Crippen molar-refractivity contribution >= 4 is 6.08 Å². The number of nitrogens with zero attached hydrogens (tertiary/aromatic N) is 1. The van der Waals surface area contributed by atoms with Gasteiger partial charge in [-0.2, -0.15) is 0 Å². The Morgan fingerprint density at radius 2 is 2.00 bits per heavy atom. The molecule has 0 spiro atoms. The average molecular weight is 460 g/mol. The van der Waals surface area contributed by atoms with E-state index in [4.69, 9.17) is 0 Å². The van der Waals surface area contributed by atoms with E-state index in [9.17, 15) is 0 Å². The van der Waals surface area contributed by atoms with Crippen LogP contribution in [0.25, 0.3) is 6.08 Å². The maximum Gasteiger partial charge on any atom is 0.00689 e. The number of aromatic nitrogens is 1. The molecule has 0 N–H and O–H groups in total. The predicted octanol–water partition coefficient (Wildman–Crippen LogP) is 3.63. The summed E-state index contributed by atoms with van der Waals surface area (Å²) in [5, 5.41) is 0. The molecule has 0 aliphatic heterocycles. The van der Waals surface area contributed by atoms with E-state index < -0.39 is 0 Å². The average Bonchev–Trinajstić information content (AvgIpc) is 2.39. The second-order valence-corrected chi connectivity index (χ2v) is 4.25. The van der Waals surface area contributed by atoms with E-state index in [-0.39, 0.29) is 0 Å². The van der Waals surface area contributed by atoms with E-state index in [0.717, 1.165) is 5.69 Å². The summed E-state index contributed by atoms with van der Waals surface area (Å²) in [4.78, 5) is 4.38. The van der Waals surface area contributed by atoms with Gasteiger partial charge >= 0.3 is 0 Å². The molecule has 0 bridgehead atoms. The van der Waals surface area contributed by atoms with Crippen molar-refractivity contribution in [2.24, 2.45) is 5.92 Å². The van der Waals surface area contributed by atoms with Gasteiger partial charge in [0.25, 0.3) is 0 Å². The molecule has 1 heterocycles. The van der Waals surface area contributed by atoms with Gasteiger partial charge in [-0.1, -0.05) is 38.8 Å². The summed E-state index contributed by atoms with van der Waals surface area (Å²) >= 11 is 0. The molecular weight excluding hydrogens is 444 g/mol. The molecule has 0 unspecified atom stereocenters. The first-order valence-electron chi connectivity index (χ1n) is 5.37. The van der Waals surface area contributed by atoms with Gasteiger partial charge in [-0.25, -0.2) is 0 Å². The molecule has 0 atom stereocenters. The van der Waals surface area contributed by atoms with Crippen LogP contribution in [0.3, 0.4) is 0 Å². The minimum atomic E-state index is 0. The van der Waals surface area contributed by atoms with Crippen LogP contribution in [0, 0.1) is 11.8 Å². The van der Waals surface area contributed by atoms with Gasteiger partial charge in [0, 0.05) is 6.20 Å². The van der Waals surface area contributed by atoms with Gasteiger partial charge < -0.3 is 4.98 Å². The van der Waals surface area contributed by atoms with Gasteiger partial charge in [0.15, 0.2) is 0 Å². The Morgan fingerprint density at radius 3 is 2.69 bits per heavy atom.